The molecular formula is C28H59N. The third-order valence-corrected chi connectivity index (χ3v) is 7.00. The van der Waals surface area contributed by atoms with E-state index < -0.39 is 0 Å². The fourth-order valence-corrected chi connectivity index (χ4v) is 4.90. The highest BCUT2D eigenvalue weighted by atomic mass is 14.6. The summed E-state index contributed by atoms with van der Waals surface area (Å²) in [6.07, 6.45) is 31.3. The molecule has 0 bridgehead atoms. The van der Waals surface area contributed by atoms with Gasteiger partial charge in [0.1, 0.15) is 0 Å². The Labute approximate surface area is 186 Å². The summed E-state index contributed by atoms with van der Waals surface area (Å²) in [5.41, 5.74) is 6.29. The van der Waals surface area contributed by atoms with Gasteiger partial charge in [-0.3, -0.25) is 0 Å². The topological polar surface area (TPSA) is 26.0 Å². The molecule has 0 aliphatic rings. The summed E-state index contributed by atoms with van der Waals surface area (Å²) in [7, 11) is 0. The third kappa shape index (κ3) is 19.7. The lowest BCUT2D eigenvalue weighted by Crippen LogP contribution is -2.24. The molecule has 1 atom stereocenters. The first kappa shape index (κ1) is 29.0. The maximum absolute atomic E-state index is 6.29. The Balaban J connectivity index is 4.18. The standard InChI is InChI=1S/C28H59N/c1-4-7-10-13-15-18-20-23-27(24-21-19-16-14-11-8-5-2)28(26-29)25-22-17-12-9-6-3/h27-28H,4-26,29H2,1-3H3. The van der Waals surface area contributed by atoms with Gasteiger partial charge in [0.05, 0.1) is 0 Å². The van der Waals surface area contributed by atoms with Crippen LogP contribution in [-0.2, 0) is 0 Å². The van der Waals surface area contributed by atoms with Crippen molar-refractivity contribution in [2.45, 2.75) is 162 Å². The van der Waals surface area contributed by atoms with E-state index in [1.807, 2.05) is 0 Å². The molecule has 0 aromatic carbocycles. The predicted molar refractivity (Wildman–Crippen MR) is 135 cm³/mol. The molecule has 0 aliphatic heterocycles. The fraction of sp³-hybridized carbons (Fsp3) is 1.00. The first-order valence-corrected chi connectivity index (χ1v) is 14.0. The molecular weight excluding hydrogens is 350 g/mol. The molecule has 1 unspecified atom stereocenters. The maximum atomic E-state index is 6.29. The summed E-state index contributed by atoms with van der Waals surface area (Å²) in [5.74, 6) is 1.69. The van der Waals surface area contributed by atoms with E-state index in [0.717, 1.165) is 18.4 Å². The van der Waals surface area contributed by atoms with Crippen LogP contribution in [0.3, 0.4) is 0 Å². The zero-order valence-electron chi connectivity index (χ0n) is 21.0. The number of rotatable bonds is 24. The number of nitrogens with two attached hydrogens (primary N) is 1. The van der Waals surface area contributed by atoms with Crippen molar-refractivity contribution in [2.75, 3.05) is 6.54 Å². The predicted octanol–water partition coefficient (Wildman–Crippen LogP) is 9.82. The number of hydrogen-bond acceptors (Lipinski definition) is 1. The van der Waals surface area contributed by atoms with E-state index in [-0.39, 0.29) is 0 Å². The average Bonchev–Trinajstić information content (AvgIpc) is 2.74. The highest BCUT2D eigenvalue weighted by molar-refractivity contribution is 4.72. The van der Waals surface area contributed by atoms with Crippen LogP contribution in [0.25, 0.3) is 0 Å². The van der Waals surface area contributed by atoms with Crippen molar-refractivity contribution in [1.29, 1.82) is 0 Å². The van der Waals surface area contributed by atoms with Crippen LogP contribution in [0.5, 0.6) is 0 Å². The van der Waals surface area contributed by atoms with Gasteiger partial charge in [-0.1, -0.05) is 156 Å². The molecule has 0 aliphatic carbocycles. The van der Waals surface area contributed by atoms with Gasteiger partial charge < -0.3 is 5.73 Å². The van der Waals surface area contributed by atoms with Crippen molar-refractivity contribution in [1.82, 2.24) is 0 Å². The van der Waals surface area contributed by atoms with E-state index in [1.165, 1.54) is 141 Å². The highest BCUT2D eigenvalue weighted by Gasteiger charge is 2.19. The van der Waals surface area contributed by atoms with Gasteiger partial charge in [0.2, 0.25) is 0 Å². The first-order chi connectivity index (χ1) is 14.3. The zero-order valence-corrected chi connectivity index (χ0v) is 21.0. The van der Waals surface area contributed by atoms with Crippen molar-refractivity contribution in [3.8, 4) is 0 Å². The Morgan fingerprint density at radius 2 is 0.655 bits per heavy atom. The van der Waals surface area contributed by atoms with E-state index in [0.29, 0.717) is 0 Å². The number of hydrogen-bond donors (Lipinski definition) is 1. The van der Waals surface area contributed by atoms with Crippen molar-refractivity contribution >= 4 is 0 Å². The largest absolute Gasteiger partial charge is 0.330 e. The molecule has 0 aromatic heterocycles. The minimum atomic E-state index is 0.789. The Bertz CT molecular complexity index is 270. The van der Waals surface area contributed by atoms with E-state index in [1.54, 1.807) is 0 Å². The Hall–Kier alpha value is -0.0400. The molecule has 2 N–H and O–H groups in total. The molecule has 0 saturated carbocycles. The van der Waals surface area contributed by atoms with Crippen LogP contribution in [-0.4, -0.2) is 6.54 Å². The van der Waals surface area contributed by atoms with Crippen LogP contribution in [0.4, 0.5) is 0 Å². The average molecular weight is 410 g/mol. The summed E-state index contributed by atoms with van der Waals surface area (Å²) in [6, 6.07) is 0. The van der Waals surface area contributed by atoms with Gasteiger partial charge >= 0.3 is 0 Å². The van der Waals surface area contributed by atoms with E-state index in [2.05, 4.69) is 20.8 Å². The van der Waals surface area contributed by atoms with Gasteiger partial charge in [-0.15, -0.1) is 0 Å². The van der Waals surface area contributed by atoms with Crippen LogP contribution in [0, 0.1) is 11.8 Å². The summed E-state index contributed by atoms with van der Waals surface area (Å²) in [4.78, 5) is 0. The van der Waals surface area contributed by atoms with E-state index >= 15 is 0 Å². The molecule has 0 radical (unpaired) electrons. The molecule has 0 amide bonds. The smallest absolute Gasteiger partial charge is 0.00462 e. The second kappa shape index (κ2) is 24.2. The van der Waals surface area contributed by atoms with Gasteiger partial charge in [-0.25, -0.2) is 0 Å². The highest BCUT2D eigenvalue weighted by Crippen LogP contribution is 2.29. The van der Waals surface area contributed by atoms with Crippen LogP contribution >= 0.6 is 0 Å². The summed E-state index contributed by atoms with van der Waals surface area (Å²) < 4.78 is 0. The molecule has 176 valence electrons. The normalized spacial score (nSPS) is 12.7. The van der Waals surface area contributed by atoms with Crippen molar-refractivity contribution in [2.24, 2.45) is 17.6 Å². The second-order valence-corrected chi connectivity index (χ2v) is 9.78. The molecule has 1 heteroatoms. The van der Waals surface area contributed by atoms with Crippen LogP contribution in [0.15, 0.2) is 0 Å². The van der Waals surface area contributed by atoms with Crippen molar-refractivity contribution in [3.05, 3.63) is 0 Å². The molecule has 0 saturated heterocycles. The van der Waals surface area contributed by atoms with Gasteiger partial charge in [0.25, 0.3) is 0 Å². The minimum absolute atomic E-state index is 0.789. The summed E-state index contributed by atoms with van der Waals surface area (Å²) in [5, 5.41) is 0. The quantitative estimate of drug-likeness (QED) is 0.158. The maximum Gasteiger partial charge on any atom is -0.00462 e. The molecule has 29 heavy (non-hydrogen) atoms. The summed E-state index contributed by atoms with van der Waals surface area (Å²) >= 11 is 0. The third-order valence-electron chi connectivity index (χ3n) is 7.00. The Morgan fingerprint density at radius 3 is 0.966 bits per heavy atom. The first-order valence-electron chi connectivity index (χ1n) is 14.0. The lowest BCUT2D eigenvalue weighted by Gasteiger charge is -2.26. The number of unbranched alkanes of at least 4 members (excludes halogenated alkanes) is 16. The minimum Gasteiger partial charge on any atom is -0.330 e. The molecule has 1 nitrogen and oxygen atoms in total. The fourth-order valence-electron chi connectivity index (χ4n) is 4.90. The van der Waals surface area contributed by atoms with Crippen molar-refractivity contribution < 1.29 is 0 Å². The Kier molecular flexibility index (Phi) is 24.2. The molecule has 0 rings (SSSR count). The van der Waals surface area contributed by atoms with Gasteiger partial charge in [0.15, 0.2) is 0 Å². The molecule has 0 aromatic rings. The monoisotopic (exact) mass is 409 g/mol. The van der Waals surface area contributed by atoms with Gasteiger partial charge in [-0.2, -0.15) is 0 Å². The second-order valence-electron chi connectivity index (χ2n) is 9.78. The Morgan fingerprint density at radius 1 is 0.379 bits per heavy atom. The molecule has 0 spiro atoms. The van der Waals surface area contributed by atoms with Gasteiger partial charge in [-0.05, 0) is 24.8 Å². The SMILES string of the molecule is CCCCCCCCCC(CCCCCCCCC)C(CN)CCCCCCC. The van der Waals surface area contributed by atoms with Crippen LogP contribution in [0.2, 0.25) is 0 Å². The van der Waals surface area contributed by atoms with E-state index in [9.17, 15) is 0 Å². The lowest BCUT2D eigenvalue weighted by atomic mass is 9.80. The van der Waals surface area contributed by atoms with E-state index in [4.69, 9.17) is 5.73 Å². The van der Waals surface area contributed by atoms with Crippen LogP contribution < -0.4 is 5.73 Å². The molecule has 0 heterocycles. The lowest BCUT2D eigenvalue weighted by molar-refractivity contribution is 0.261. The van der Waals surface area contributed by atoms with Crippen molar-refractivity contribution in [3.63, 3.8) is 0 Å². The van der Waals surface area contributed by atoms with Crippen LogP contribution in [0.1, 0.15) is 162 Å². The van der Waals surface area contributed by atoms with Gasteiger partial charge in [0, 0.05) is 0 Å². The summed E-state index contributed by atoms with van der Waals surface area (Å²) in [6.45, 7) is 7.85. The zero-order chi connectivity index (χ0) is 21.4. The molecule has 0 fully saturated rings.